The summed E-state index contributed by atoms with van der Waals surface area (Å²) in [7, 11) is 0. The summed E-state index contributed by atoms with van der Waals surface area (Å²) in [6.45, 7) is 1.87. The van der Waals surface area contributed by atoms with Crippen LogP contribution in [-0.4, -0.2) is 19.8 Å². The molecule has 0 saturated carbocycles. The van der Waals surface area contributed by atoms with Gasteiger partial charge in [0.15, 0.2) is 10.8 Å². The Bertz CT molecular complexity index is 1030. The molecule has 26 heavy (non-hydrogen) atoms. The molecule has 1 atom stereocenters. The minimum atomic E-state index is -0.314. The average molecular weight is 372 g/mol. The Morgan fingerprint density at radius 3 is 2.35 bits per heavy atom. The summed E-state index contributed by atoms with van der Waals surface area (Å²) in [5, 5.41) is 13.6. The van der Waals surface area contributed by atoms with Gasteiger partial charge in [-0.2, -0.15) is 9.61 Å². The van der Waals surface area contributed by atoms with Crippen molar-refractivity contribution in [1.82, 2.24) is 19.8 Å². The number of aromatic nitrogens is 4. The third-order valence-corrected chi connectivity index (χ3v) is 4.88. The normalized spacial score (nSPS) is 12.4. The number of hydrogen-bond donors (Lipinski definition) is 0. The van der Waals surface area contributed by atoms with Crippen LogP contribution in [-0.2, 0) is 6.42 Å². The predicted octanol–water partition coefficient (Wildman–Crippen LogP) is 4.19. The second kappa shape index (κ2) is 6.80. The predicted molar refractivity (Wildman–Crippen MR) is 93.3 cm³/mol. The number of rotatable bonds is 5. The summed E-state index contributed by atoms with van der Waals surface area (Å²) in [5.41, 5.74) is 0.922. The highest BCUT2D eigenvalue weighted by Crippen LogP contribution is 2.26. The highest BCUT2D eigenvalue weighted by molar-refractivity contribution is 7.16. The minimum absolute atomic E-state index is 0.275. The summed E-state index contributed by atoms with van der Waals surface area (Å²) < 4.78 is 33.5. The van der Waals surface area contributed by atoms with Crippen LogP contribution >= 0.6 is 11.3 Å². The van der Waals surface area contributed by atoms with Gasteiger partial charge in [0.05, 0.1) is 0 Å². The first-order valence-electron chi connectivity index (χ1n) is 7.96. The van der Waals surface area contributed by atoms with E-state index in [0.29, 0.717) is 23.0 Å². The van der Waals surface area contributed by atoms with Gasteiger partial charge in [-0.05, 0) is 48.9 Å². The summed E-state index contributed by atoms with van der Waals surface area (Å²) in [5.74, 6) is 0.650. The SMILES string of the molecule is C[C@@H](Oc1ccc(F)cc1)c1nn2c(Cc3ccc(F)cc3)nnc2s1. The molecule has 2 heterocycles. The molecule has 0 fully saturated rings. The van der Waals surface area contributed by atoms with Crippen LogP contribution in [0.2, 0.25) is 0 Å². The van der Waals surface area contributed by atoms with Gasteiger partial charge in [0.2, 0.25) is 4.96 Å². The van der Waals surface area contributed by atoms with Crippen molar-refractivity contribution in [2.75, 3.05) is 0 Å². The Hall–Kier alpha value is -2.87. The molecule has 0 aliphatic carbocycles. The van der Waals surface area contributed by atoms with Gasteiger partial charge in [0, 0.05) is 6.42 Å². The first-order chi connectivity index (χ1) is 12.6. The number of hydrogen-bond acceptors (Lipinski definition) is 5. The van der Waals surface area contributed by atoms with Gasteiger partial charge in [0.25, 0.3) is 0 Å². The van der Waals surface area contributed by atoms with Crippen LogP contribution in [0, 0.1) is 11.6 Å². The highest BCUT2D eigenvalue weighted by Gasteiger charge is 2.17. The first kappa shape index (κ1) is 16.6. The van der Waals surface area contributed by atoms with Crippen molar-refractivity contribution in [3.63, 3.8) is 0 Å². The lowest BCUT2D eigenvalue weighted by Gasteiger charge is -2.11. The largest absolute Gasteiger partial charge is 0.483 e. The highest BCUT2D eigenvalue weighted by atomic mass is 32.1. The van der Waals surface area contributed by atoms with Gasteiger partial charge in [0.1, 0.15) is 23.5 Å². The van der Waals surface area contributed by atoms with Crippen LogP contribution < -0.4 is 4.74 Å². The van der Waals surface area contributed by atoms with Crippen LogP contribution in [0.5, 0.6) is 5.75 Å². The number of benzene rings is 2. The summed E-state index contributed by atoms with van der Waals surface area (Å²) in [4.78, 5) is 0.659. The van der Waals surface area contributed by atoms with E-state index >= 15 is 0 Å². The van der Waals surface area contributed by atoms with Gasteiger partial charge < -0.3 is 4.74 Å². The van der Waals surface area contributed by atoms with E-state index in [9.17, 15) is 8.78 Å². The number of halogens is 2. The maximum atomic E-state index is 13.0. The maximum absolute atomic E-state index is 13.0. The van der Waals surface area contributed by atoms with Crippen molar-refractivity contribution in [2.45, 2.75) is 19.4 Å². The molecule has 132 valence electrons. The van der Waals surface area contributed by atoms with E-state index in [1.54, 1.807) is 28.8 Å². The van der Waals surface area contributed by atoms with E-state index in [1.807, 2.05) is 6.92 Å². The van der Waals surface area contributed by atoms with Gasteiger partial charge in [-0.1, -0.05) is 23.5 Å². The van der Waals surface area contributed by atoms with E-state index in [4.69, 9.17) is 4.74 Å². The Morgan fingerprint density at radius 2 is 1.65 bits per heavy atom. The Morgan fingerprint density at radius 1 is 1.00 bits per heavy atom. The lowest BCUT2D eigenvalue weighted by Crippen LogP contribution is -2.05. The van der Waals surface area contributed by atoms with E-state index in [-0.39, 0.29) is 17.7 Å². The Kier molecular flexibility index (Phi) is 4.34. The topological polar surface area (TPSA) is 52.3 Å². The van der Waals surface area contributed by atoms with Gasteiger partial charge in [-0.3, -0.25) is 0 Å². The molecule has 2 aromatic carbocycles. The van der Waals surface area contributed by atoms with Crippen molar-refractivity contribution >= 4 is 16.3 Å². The van der Waals surface area contributed by atoms with Gasteiger partial charge in [-0.15, -0.1) is 10.2 Å². The van der Waals surface area contributed by atoms with Crippen LogP contribution in [0.1, 0.15) is 29.4 Å². The van der Waals surface area contributed by atoms with E-state index in [0.717, 1.165) is 10.6 Å². The maximum Gasteiger partial charge on any atom is 0.234 e. The molecule has 8 heteroatoms. The number of fused-ring (bicyclic) bond motifs is 1. The lowest BCUT2D eigenvalue weighted by molar-refractivity contribution is 0.224. The lowest BCUT2D eigenvalue weighted by atomic mass is 10.1. The zero-order valence-corrected chi connectivity index (χ0v) is 14.6. The third kappa shape index (κ3) is 3.41. The van der Waals surface area contributed by atoms with E-state index in [2.05, 4.69) is 15.3 Å². The molecule has 2 aromatic heterocycles. The van der Waals surface area contributed by atoms with Crippen LogP contribution in [0.15, 0.2) is 48.5 Å². The summed E-state index contributed by atoms with van der Waals surface area (Å²) in [6.07, 6.45) is 0.184. The zero-order chi connectivity index (χ0) is 18.1. The fraction of sp³-hybridized carbons (Fsp3) is 0.167. The molecule has 0 spiro atoms. The summed E-state index contributed by atoms with van der Waals surface area (Å²) >= 11 is 1.38. The monoisotopic (exact) mass is 372 g/mol. The van der Waals surface area contributed by atoms with E-state index < -0.39 is 0 Å². The standard InChI is InChI=1S/C18H14F2N4OS/c1-11(25-15-8-6-14(20)7-9-15)17-23-24-16(21-22-18(24)26-17)10-12-2-4-13(19)5-3-12/h2-9,11H,10H2,1H3/t11-/m1/s1. The van der Waals surface area contributed by atoms with Crippen molar-refractivity contribution in [3.05, 3.63) is 76.6 Å². The Labute approximate surface area is 151 Å². The van der Waals surface area contributed by atoms with Crippen LogP contribution in [0.3, 0.4) is 0 Å². The molecule has 0 aliphatic rings. The quantitative estimate of drug-likeness (QED) is 0.527. The fourth-order valence-electron chi connectivity index (χ4n) is 2.50. The van der Waals surface area contributed by atoms with Crippen molar-refractivity contribution < 1.29 is 13.5 Å². The van der Waals surface area contributed by atoms with E-state index in [1.165, 1.54) is 35.6 Å². The second-order valence-electron chi connectivity index (χ2n) is 5.77. The van der Waals surface area contributed by atoms with Gasteiger partial charge in [-0.25, -0.2) is 8.78 Å². The smallest absolute Gasteiger partial charge is 0.234 e. The minimum Gasteiger partial charge on any atom is -0.483 e. The third-order valence-electron chi connectivity index (χ3n) is 3.82. The number of ether oxygens (including phenoxy) is 1. The second-order valence-corrected chi connectivity index (χ2v) is 6.76. The van der Waals surface area contributed by atoms with Crippen LogP contribution in [0.4, 0.5) is 8.78 Å². The molecule has 0 unspecified atom stereocenters. The average Bonchev–Trinajstić information content (AvgIpc) is 3.21. The molecule has 0 amide bonds. The number of nitrogens with zero attached hydrogens (tertiary/aromatic N) is 4. The molecule has 0 radical (unpaired) electrons. The van der Waals surface area contributed by atoms with Crippen molar-refractivity contribution in [3.8, 4) is 5.75 Å². The zero-order valence-electron chi connectivity index (χ0n) is 13.8. The molecule has 4 rings (SSSR count). The molecule has 0 N–H and O–H groups in total. The molecule has 0 bridgehead atoms. The van der Waals surface area contributed by atoms with Gasteiger partial charge >= 0.3 is 0 Å². The van der Waals surface area contributed by atoms with Crippen molar-refractivity contribution in [2.24, 2.45) is 0 Å². The molecular weight excluding hydrogens is 358 g/mol. The molecule has 5 nitrogen and oxygen atoms in total. The Balaban J connectivity index is 1.54. The summed E-state index contributed by atoms with van der Waals surface area (Å²) in [6, 6.07) is 12.1. The first-order valence-corrected chi connectivity index (χ1v) is 8.78. The molecular formula is C18H14F2N4OS. The molecule has 4 aromatic rings. The molecule has 0 saturated heterocycles. The van der Waals surface area contributed by atoms with Crippen LogP contribution in [0.25, 0.3) is 4.96 Å². The van der Waals surface area contributed by atoms with Crippen molar-refractivity contribution in [1.29, 1.82) is 0 Å². The fourth-order valence-corrected chi connectivity index (χ4v) is 3.34. The molecule has 0 aliphatic heterocycles.